The molecule has 0 aromatic heterocycles. The minimum Gasteiger partial charge on any atom is -0.508 e. The van der Waals surface area contributed by atoms with Crippen molar-refractivity contribution in [1.29, 1.82) is 0 Å². The number of thiocarbonyl (C=S) groups is 1. The first-order chi connectivity index (χ1) is 11.9. The number of nitrogens with one attached hydrogen (secondary N) is 2. The number of rotatable bonds is 6. The number of hydrogen-bond acceptors (Lipinski definition) is 4. The fourth-order valence-corrected chi connectivity index (χ4v) is 2.27. The van der Waals surface area contributed by atoms with E-state index in [4.69, 9.17) is 17.0 Å². The first kappa shape index (κ1) is 18.7. The summed E-state index contributed by atoms with van der Waals surface area (Å²) in [7, 11) is 0. The van der Waals surface area contributed by atoms with Gasteiger partial charge >= 0.3 is 0 Å². The normalized spacial score (nSPS) is 10.4. The Kier molecular flexibility index (Phi) is 6.77. The van der Waals surface area contributed by atoms with Gasteiger partial charge in [0, 0.05) is 17.3 Å². The maximum atomic E-state index is 12.3. The van der Waals surface area contributed by atoms with Crippen molar-refractivity contribution in [2.24, 2.45) is 5.92 Å². The van der Waals surface area contributed by atoms with Crippen LogP contribution >= 0.6 is 12.2 Å². The van der Waals surface area contributed by atoms with Crippen molar-refractivity contribution in [3.8, 4) is 11.5 Å². The smallest absolute Gasteiger partial charge is 0.257 e. The average molecular weight is 358 g/mol. The zero-order valence-electron chi connectivity index (χ0n) is 14.3. The molecule has 0 fully saturated rings. The van der Waals surface area contributed by atoms with E-state index in [0.717, 1.165) is 6.42 Å². The Balaban J connectivity index is 1.92. The third kappa shape index (κ3) is 6.43. The van der Waals surface area contributed by atoms with Crippen molar-refractivity contribution < 1.29 is 14.6 Å². The molecular weight excluding hydrogens is 336 g/mol. The molecule has 0 atom stereocenters. The van der Waals surface area contributed by atoms with E-state index < -0.39 is 0 Å². The van der Waals surface area contributed by atoms with Crippen molar-refractivity contribution in [2.75, 3.05) is 11.9 Å². The molecule has 132 valence electrons. The number of hydrogen-bond donors (Lipinski definition) is 3. The molecule has 0 radical (unpaired) electrons. The molecule has 0 saturated heterocycles. The Morgan fingerprint density at radius 1 is 1.20 bits per heavy atom. The molecule has 0 heterocycles. The van der Waals surface area contributed by atoms with Crippen LogP contribution in [0.2, 0.25) is 0 Å². The van der Waals surface area contributed by atoms with Crippen molar-refractivity contribution in [1.82, 2.24) is 5.32 Å². The number of phenols is 1. The number of ether oxygens (including phenoxy) is 1. The third-order valence-corrected chi connectivity index (χ3v) is 3.60. The Morgan fingerprint density at radius 2 is 1.96 bits per heavy atom. The zero-order valence-corrected chi connectivity index (χ0v) is 15.1. The predicted molar refractivity (Wildman–Crippen MR) is 103 cm³/mol. The summed E-state index contributed by atoms with van der Waals surface area (Å²) < 4.78 is 5.67. The topological polar surface area (TPSA) is 70.6 Å². The van der Waals surface area contributed by atoms with Crippen molar-refractivity contribution in [3.63, 3.8) is 0 Å². The SMILES string of the molecule is CC(C)CCOc1cccc(C(=O)NC(=S)Nc2cccc(O)c2)c1. The van der Waals surface area contributed by atoms with E-state index in [2.05, 4.69) is 24.5 Å². The highest BCUT2D eigenvalue weighted by Gasteiger charge is 2.09. The third-order valence-electron chi connectivity index (χ3n) is 3.39. The molecule has 0 bridgehead atoms. The van der Waals surface area contributed by atoms with Gasteiger partial charge in [0.2, 0.25) is 0 Å². The summed E-state index contributed by atoms with van der Waals surface area (Å²) in [6.45, 7) is 4.88. The summed E-state index contributed by atoms with van der Waals surface area (Å²) in [5.41, 5.74) is 1.05. The number of amides is 1. The number of carbonyl (C=O) groups is 1. The molecule has 0 unspecified atom stereocenters. The van der Waals surface area contributed by atoms with Gasteiger partial charge in [-0.3, -0.25) is 10.1 Å². The summed E-state index contributed by atoms with van der Waals surface area (Å²) in [6, 6.07) is 13.5. The van der Waals surface area contributed by atoms with Crippen LogP contribution in [0.25, 0.3) is 0 Å². The van der Waals surface area contributed by atoms with E-state index in [1.165, 1.54) is 6.07 Å². The summed E-state index contributed by atoms with van der Waals surface area (Å²) >= 11 is 5.13. The highest BCUT2D eigenvalue weighted by molar-refractivity contribution is 7.80. The van der Waals surface area contributed by atoms with E-state index in [0.29, 0.717) is 29.5 Å². The van der Waals surface area contributed by atoms with E-state index in [1.807, 2.05) is 6.07 Å². The maximum Gasteiger partial charge on any atom is 0.257 e. The lowest BCUT2D eigenvalue weighted by molar-refractivity contribution is 0.0977. The highest BCUT2D eigenvalue weighted by atomic mass is 32.1. The standard InChI is InChI=1S/C19H22N2O3S/c1-13(2)9-10-24-17-8-3-5-14(11-17)18(23)21-19(25)20-15-6-4-7-16(22)12-15/h3-8,11-13,22H,9-10H2,1-2H3,(H2,20,21,23,25). The van der Waals surface area contributed by atoms with Crippen LogP contribution in [0, 0.1) is 5.92 Å². The van der Waals surface area contributed by atoms with Crippen LogP contribution in [0.5, 0.6) is 11.5 Å². The summed E-state index contributed by atoms with van der Waals surface area (Å²) in [6.07, 6.45) is 0.953. The number of phenolic OH excluding ortho intramolecular Hbond substituents is 1. The lowest BCUT2D eigenvalue weighted by atomic mass is 10.1. The molecule has 0 aliphatic carbocycles. The maximum absolute atomic E-state index is 12.3. The highest BCUT2D eigenvalue weighted by Crippen LogP contribution is 2.16. The van der Waals surface area contributed by atoms with Gasteiger partial charge in [0.25, 0.3) is 5.91 Å². The molecule has 0 spiro atoms. The first-order valence-electron chi connectivity index (χ1n) is 8.08. The molecule has 0 aliphatic heterocycles. The van der Waals surface area contributed by atoms with Crippen LogP contribution in [0.15, 0.2) is 48.5 Å². The number of carbonyl (C=O) groups excluding carboxylic acids is 1. The van der Waals surface area contributed by atoms with Crippen LogP contribution in [0.4, 0.5) is 5.69 Å². The molecule has 1 amide bonds. The van der Waals surface area contributed by atoms with Crippen LogP contribution in [-0.2, 0) is 0 Å². The van der Waals surface area contributed by atoms with Gasteiger partial charge in [-0.15, -0.1) is 0 Å². The second kappa shape index (κ2) is 9.03. The van der Waals surface area contributed by atoms with Gasteiger partial charge in [0.15, 0.2) is 5.11 Å². The van der Waals surface area contributed by atoms with Crippen molar-refractivity contribution in [3.05, 3.63) is 54.1 Å². The second-order valence-corrected chi connectivity index (χ2v) is 6.43. The van der Waals surface area contributed by atoms with Gasteiger partial charge in [-0.05, 0) is 54.9 Å². The Bertz CT molecular complexity index is 747. The molecule has 5 nitrogen and oxygen atoms in total. The Morgan fingerprint density at radius 3 is 2.68 bits per heavy atom. The molecule has 2 rings (SSSR count). The fourth-order valence-electron chi connectivity index (χ4n) is 2.06. The van der Waals surface area contributed by atoms with E-state index in [1.54, 1.807) is 36.4 Å². The monoisotopic (exact) mass is 358 g/mol. The van der Waals surface area contributed by atoms with Gasteiger partial charge < -0.3 is 15.2 Å². The number of benzene rings is 2. The lowest BCUT2D eigenvalue weighted by Crippen LogP contribution is -2.34. The Hall–Kier alpha value is -2.60. The van der Waals surface area contributed by atoms with E-state index in [-0.39, 0.29) is 16.8 Å². The molecule has 25 heavy (non-hydrogen) atoms. The molecule has 2 aromatic carbocycles. The van der Waals surface area contributed by atoms with Gasteiger partial charge in [-0.25, -0.2) is 0 Å². The van der Waals surface area contributed by atoms with Crippen LogP contribution in [0.3, 0.4) is 0 Å². The minimum atomic E-state index is -0.327. The number of aromatic hydroxyl groups is 1. The van der Waals surface area contributed by atoms with Gasteiger partial charge in [0.05, 0.1) is 6.61 Å². The van der Waals surface area contributed by atoms with E-state index >= 15 is 0 Å². The second-order valence-electron chi connectivity index (χ2n) is 6.02. The lowest BCUT2D eigenvalue weighted by Gasteiger charge is -2.11. The molecular formula is C19H22N2O3S. The van der Waals surface area contributed by atoms with Crippen LogP contribution in [0.1, 0.15) is 30.6 Å². The van der Waals surface area contributed by atoms with Crippen molar-refractivity contribution >= 4 is 28.9 Å². The van der Waals surface area contributed by atoms with Crippen molar-refractivity contribution in [2.45, 2.75) is 20.3 Å². The summed E-state index contributed by atoms with van der Waals surface area (Å²) in [4.78, 5) is 12.3. The zero-order chi connectivity index (χ0) is 18.2. The fraction of sp³-hybridized carbons (Fsp3) is 0.263. The van der Waals surface area contributed by atoms with E-state index in [9.17, 15) is 9.90 Å². The Labute approximate surface area is 153 Å². The predicted octanol–water partition coefficient (Wildman–Crippen LogP) is 3.94. The minimum absolute atomic E-state index is 0.116. The van der Waals surface area contributed by atoms with Crippen LogP contribution < -0.4 is 15.4 Å². The summed E-state index contributed by atoms with van der Waals surface area (Å²) in [5, 5.41) is 15.1. The average Bonchev–Trinajstić information content (AvgIpc) is 2.54. The van der Waals surface area contributed by atoms with Gasteiger partial charge in [-0.1, -0.05) is 26.0 Å². The molecule has 2 aromatic rings. The molecule has 6 heteroatoms. The quantitative estimate of drug-likeness (QED) is 0.682. The molecule has 3 N–H and O–H groups in total. The summed E-state index contributed by atoms with van der Waals surface area (Å²) in [5.74, 6) is 1.00. The van der Waals surface area contributed by atoms with Gasteiger partial charge in [-0.2, -0.15) is 0 Å². The largest absolute Gasteiger partial charge is 0.508 e. The van der Waals surface area contributed by atoms with Gasteiger partial charge in [0.1, 0.15) is 11.5 Å². The number of anilines is 1. The molecule has 0 aliphatic rings. The molecule has 0 saturated carbocycles. The first-order valence-corrected chi connectivity index (χ1v) is 8.49. The van der Waals surface area contributed by atoms with Crippen LogP contribution in [-0.4, -0.2) is 22.7 Å².